The fourth-order valence-corrected chi connectivity index (χ4v) is 3.30. The number of halogens is 1. The van der Waals surface area contributed by atoms with Crippen molar-refractivity contribution in [1.29, 1.82) is 0 Å². The van der Waals surface area contributed by atoms with Gasteiger partial charge in [0.25, 0.3) is 0 Å². The molecule has 3 nitrogen and oxygen atoms in total. The SMILES string of the molecule is CCc1nc(Cn2cc(CN)c3ccc(Cl)cc32)cs1. The Balaban J connectivity index is 2.04. The third-order valence-corrected chi connectivity index (χ3v) is 4.66. The fourth-order valence-electron chi connectivity index (χ4n) is 2.39. The zero-order valence-electron chi connectivity index (χ0n) is 11.3. The monoisotopic (exact) mass is 305 g/mol. The van der Waals surface area contributed by atoms with Gasteiger partial charge in [-0.25, -0.2) is 4.98 Å². The van der Waals surface area contributed by atoms with Crippen molar-refractivity contribution in [3.05, 3.63) is 51.1 Å². The highest BCUT2D eigenvalue weighted by Gasteiger charge is 2.09. The van der Waals surface area contributed by atoms with Crippen molar-refractivity contribution in [1.82, 2.24) is 9.55 Å². The molecule has 0 bridgehead atoms. The van der Waals surface area contributed by atoms with Crippen molar-refractivity contribution in [3.63, 3.8) is 0 Å². The molecule has 0 aliphatic rings. The lowest BCUT2D eigenvalue weighted by Crippen LogP contribution is -1.99. The smallest absolute Gasteiger partial charge is 0.0926 e. The molecule has 0 saturated heterocycles. The number of nitrogens with zero attached hydrogens (tertiary/aromatic N) is 2. The van der Waals surface area contributed by atoms with Gasteiger partial charge in [0.05, 0.1) is 22.8 Å². The molecule has 104 valence electrons. The van der Waals surface area contributed by atoms with E-state index in [2.05, 4.69) is 28.1 Å². The van der Waals surface area contributed by atoms with Crippen molar-refractivity contribution in [2.24, 2.45) is 5.73 Å². The van der Waals surface area contributed by atoms with Crippen molar-refractivity contribution in [2.75, 3.05) is 0 Å². The van der Waals surface area contributed by atoms with Crippen LogP contribution in [0.25, 0.3) is 10.9 Å². The van der Waals surface area contributed by atoms with E-state index in [4.69, 9.17) is 17.3 Å². The number of hydrogen-bond donors (Lipinski definition) is 1. The summed E-state index contributed by atoms with van der Waals surface area (Å²) in [4.78, 5) is 4.62. The predicted molar refractivity (Wildman–Crippen MR) is 85.4 cm³/mol. The van der Waals surface area contributed by atoms with Crippen molar-refractivity contribution < 1.29 is 0 Å². The number of aromatic nitrogens is 2. The van der Waals surface area contributed by atoms with Gasteiger partial charge in [0.2, 0.25) is 0 Å². The Bertz CT molecular complexity index is 745. The minimum absolute atomic E-state index is 0.530. The van der Waals surface area contributed by atoms with Crippen molar-refractivity contribution in [2.45, 2.75) is 26.4 Å². The van der Waals surface area contributed by atoms with Crippen LogP contribution in [0.2, 0.25) is 5.02 Å². The van der Waals surface area contributed by atoms with E-state index in [0.717, 1.165) is 34.8 Å². The lowest BCUT2D eigenvalue weighted by Gasteiger charge is -2.03. The third kappa shape index (κ3) is 2.46. The predicted octanol–water partition coefficient (Wildman–Crippen LogP) is 3.82. The van der Waals surface area contributed by atoms with Crippen LogP contribution in [-0.4, -0.2) is 9.55 Å². The summed E-state index contributed by atoms with van der Waals surface area (Å²) >= 11 is 7.83. The first-order chi connectivity index (χ1) is 9.71. The Hall–Kier alpha value is -1.36. The summed E-state index contributed by atoms with van der Waals surface area (Å²) in [6, 6.07) is 5.93. The molecule has 20 heavy (non-hydrogen) atoms. The second-order valence-electron chi connectivity index (χ2n) is 4.73. The third-order valence-electron chi connectivity index (χ3n) is 3.38. The van der Waals surface area contributed by atoms with E-state index in [9.17, 15) is 0 Å². The lowest BCUT2D eigenvalue weighted by atomic mass is 10.2. The number of fused-ring (bicyclic) bond motifs is 1. The van der Waals surface area contributed by atoms with Crippen LogP contribution < -0.4 is 5.73 Å². The molecule has 0 unspecified atom stereocenters. The average Bonchev–Trinajstić information content (AvgIpc) is 3.04. The van der Waals surface area contributed by atoms with Crippen molar-refractivity contribution in [3.8, 4) is 0 Å². The number of aryl methyl sites for hydroxylation is 1. The van der Waals surface area contributed by atoms with E-state index >= 15 is 0 Å². The molecule has 3 aromatic rings. The number of nitrogens with two attached hydrogens (primary N) is 1. The van der Waals surface area contributed by atoms with Gasteiger partial charge in [-0.3, -0.25) is 0 Å². The number of benzene rings is 1. The summed E-state index contributed by atoms with van der Waals surface area (Å²) in [6.45, 7) is 3.41. The van der Waals surface area contributed by atoms with Gasteiger partial charge in [-0.1, -0.05) is 24.6 Å². The lowest BCUT2D eigenvalue weighted by molar-refractivity contribution is 0.803. The maximum Gasteiger partial charge on any atom is 0.0926 e. The molecule has 2 heterocycles. The van der Waals surface area contributed by atoms with E-state index in [-0.39, 0.29) is 0 Å². The second-order valence-corrected chi connectivity index (χ2v) is 6.11. The summed E-state index contributed by atoms with van der Waals surface area (Å²) in [5.41, 5.74) is 9.17. The Morgan fingerprint density at radius 3 is 2.95 bits per heavy atom. The molecule has 3 rings (SSSR count). The largest absolute Gasteiger partial charge is 0.341 e. The second kappa shape index (κ2) is 5.56. The quantitative estimate of drug-likeness (QED) is 0.796. The van der Waals surface area contributed by atoms with E-state index in [1.165, 1.54) is 10.4 Å². The first kappa shape index (κ1) is 13.6. The summed E-state index contributed by atoms with van der Waals surface area (Å²) in [6.07, 6.45) is 3.09. The van der Waals surface area contributed by atoms with Gasteiger partial charge >= 0.3 is 0 Å². The summed E-state index contributed by atoms with van der Waals surface area (Å²) < 4.78 is 2.18. The highest BCUT2D eigenvalue weighted by Crippen LogP contribution is 2.25. The van der Waals surface area contributed by atoms with Gasteiger partial charge in [-0.15, -0.1) is 11.3 Å². The first-order valence-electron chi connectivity index (χ1n) is 6.62. The maximum absolute atomic E-state index is 6.11. The van der Waals surface area contributed by atoms with E-state index < -0.39 is 0 Å². The zero-order chi connectivity index (χ0) is 14.1. The van der Waals surface area contributed by atoms with E-state index in [1.807, 2.05) is 18.2 Å². The van der Waals surface area contributed by atoms with E-state index in [1.54, 1.807) is 11.3 Å². The molecule has 5 heteroatoms. The number of thiazole rings is 1. The molecule has 2 N–H and O–H groups in total. The van der Waals surface area contributed by atoms with Crippen LogP contribution in [0.5, 0.6) is 0 Å². The Labute approximate surface area is 127 Å². The Morgan fingerprint density at radius 2 is 2.25 bits per heavy atom. The minimum Gasteiger partial charge on any atom is -0.341 e. The zero-order valence-corrected chi connectivity index (χ0v) is 12.8. The standard InChI is InChI=1S/C15H16ClN3S/c1-2-15-18-12(9-20-15)8-19-7-10(6-17)13-4-3-11(16)5-14(13)19/h3-5,7,9H,2,6,8,17H2,1H3. The fraction of sp³-hybridized carbons (Fsp3) is 0.267. The molecular weight excluding hydrogens is 290 g/mol. The highest BCUT2D eigenvalue weighted by atomic mass is 35.5. The number of hydrogen-bond acceptors (Lipinski definition) is 3. The first-order valence-corrected chi connectivity index (χ1v) is 7.87. The molecular formula is C15H16ClN3S. The molecule has 0 amide bonds. The molecule has 1 aromatic carbocycles. The number of rotatable bonds is 4. The molecule has 0 radical (unpaired) electrons. The maximum atomic E-state index is 6.11. The van der Waals surface area contributed by atoms with Crippen LogP contribution >= 0.6 is 22.9 Å². The van der Waals surface area contributed by atoms with Crippen LogP contribution in [0.4, 0.5) is 0 Å². The van der Waals surface area contributed by atoms with Gasteiger partial charge < -0.3 is 10.3 Å². The summed E-state index contributed by atoms with van der Waals surface area (Å²) in [5, 5.41) is 5.21. The Kier molecular flexibility index (Phi) is 3.78. The van der Waals surface area contributed by atoms with Crippen LogP contribution in [0.1, 0.15) is 23.2 Å². The van der Waals surface area contributed by atoms with Gasteiger partial charge in [0, 0.05) is 28.5 Å². The minimum atomic E-state index is 0.530. The molecule has 2 aromatic heterocycles. The van der Waals surface area contributed by atoms with Crippen LogP contribution in [0.15, 0.2) is 29.8 Å². The van der Waals surface area contributed by atoms with Gasteiger partial charge in [0.15, 0.2) is 0 Å². The van der Waals surface area contributed by atoms with E-state index in [0.29, 0.717) is 6.54 Å². The highest BCUT2D eigenvalue weighted by molar-refractivity contribution is 7.09. The van der Waals surface area contributed by atoms with Gasteiger partial charge in [-0.2, -0.15) is 0 Å². The van der Waals surface area contributed by atoms with Crippen LogP contribution in [0, 0.1) is 0 Å². The van der Waals surface area contributed by atoms with Crippen LogP contribution in [-0.2, 0) is 19.5 Å². The normalized spacial score (nSPS) is 11.3. The molecule has 0 aliphatic heterocycles. The Morgan fingerprint density at radius 1 is 1.40 bits per heavy atom. The van der Waals surface area contributed by atoms with Crippen molar-refractivity contribution >= 4 is 33.8 Å². The molecule has 0 fully saturated rings. The topological polar surface area (TPSA) is 43.8 Å². The summed E-state index contributed by atoms with van der Waals surface area (Å²) in [5.74, 6) is 0. The van der Waals surface area contributed by atoms with Crippen LogP contribution in [0.3, 0.4) is 0 Å². The average molecular weight is 306 g/mol. The van der Waals surface area contributed by atoms with Gasteiger partial charge in [0.1, 0.15) is 0 Å². The van der Waals surface area contributed by atoms with Gasteiger partial charge in [-0.05, 0) is 24.1 Å². The molecule has 0 aliphatic carbocycles. The molecule has 0 spiro atoms. The molecule has 0 saturated carbocycles. The molecule has 0 atom stereocenters. The summed E-state index contributed by atoms with van der Waals surface area (Å²) in [7, 11) is 0.